The summed E-state index contributed by atoms with van der Waals surface area (Å²) in [4.78, 5) is 30.0. The molecule has 0 saturated carbocycles. The van der Waals surface area contributed by atoms with Crippen molar-refractivity contribution in [1.82, 2.24) is 14.5 Å². The van der Waals surface area contributed by atoms with Crippen molar-refractivity contribution in [2.75, 3.05) is 19.7 Å². The number of carbonyl (C=O) groups is 2. The van der Waals surface area contributed by atoms with Gasteiger partial charge in [0.05, 0.1) is 29.9 Å². The topological polar surface area (TPSA) is 93.9 Å². The molecule has 1 aliphatic rings. The number of fused-ring (bicyclic) bond motifs is 1. The van der Waals surface area contributed by atoms with Crippen LogP contribution < -0.4 is 0 Å². The van der Waals surface area contributed by atoms with Crippen molar-refractivity contribution in [2.45, 2.75) is 52.2 Å². The van der Waals surface area contributed by atoms with Gasteiger partial charge >= 0.3 is 12.2 Å². The van der Waals surface area contributed by atoms with Crippen molar-refractivity contribution >= 4 is 23.2 Å². The van der Waals surface area contributed by atoms with Crippen LogP contribution in [-0.4, -0.2) is 57.0 Å². The van der Waals surface area contributed by atoms with E-state index < -0.39 is 23.9 Å². The van der Waals surface area contributed by atoms with Gasteiger partial charge in [-0.25, -0.2) is 14.6 Å². The monoisotopic (exact) mass is 389 g/mol. The van der Waals surface area contributed by atoms with Crippen LogP contribution in [0.4, 0.5) is 9.59 Å². The van der Waals surface area contributed by atoms with E-state index in [9.17, 15) is 14.7 Å². The number of hydrogen-bond donors (Lipinski definition) is 1. The van der Waals surface area contributed by atoms with Gasteiger partial charge in [-0.3, -0.25) is 4.57 Å². The summed E-state index contributed by atoms with van der Waals surface area (Å²) in [5, 5.41) is 9.24. The Labute approximate surface area is 164 Å². The summed E-state index contributed by atoms with van der Waals surface area (Å²) in [7, 11) is 0. The van der Waals surface area contributed by atoms with Crippen LogP contribution in [0.3, 0.4) is 0 Å². The van der Waals surface area contributed by atoms with Crippen LogP contribution in [-0.2, 0) is 9.47 Å². The first-order chi connectivity index (χ1) is 13.1. The number of carboxylic acid groups (broad SMARTS) is 1. The van der Waals surface area contributed by atoms with Gasteiger partial charge in [-0.1, -0.05) is 13.8 Å². The molecule has 1 unspecified atom stereocenters. The minimum Gasteiger partial charge on any atom is -0.465 e. The third-order valence-corrected chi connectivity index (χ3v) is 4.58. The fourth-order valence-corrected chi connectivity index (χ4v) is 3.21. The van der Waals surface area contributed by atoms with Gasteiger partial charge in [0.15, 0.2) is 0 Å². The Hall–Kier alpha value is -2.61. The van der Waals surface area contributed by atoms with E-state index in [2.05, 4.69) is 0 Å². The van der Waals surface area contributed by atoms with Crippen LogP contribution in [0.25, 0.3) is 11.0 Å². The molecule has 8 nitrogen and oxygen atoms in total. The van der Waals surface area contributed by atoms with Gasteiger partial charge in [0, 0.05) is 12.7 Å². The van der Waals surface area contributed by atoms with Gasteiger partial charge in [-0.2, -0.15) is 0 Å². The lowest BCUT2D eigenvalue weighted by Gasteiger charge is -2.30. The van der Waals surface area contributed by atoms with Crippen molar-refractivity contribution in [3.63, 3.8) is 0 Å². The molecule has 3 rings (SSSR count). The van der Waals surface area contributed by atoms with Crippen molar-refractivity contribution in [2.24, 2.45) is 0 Å². The molecule has 8 heteroatoms. The molecule has 152 valence electrons. The lowest BCUT2D eigenvalue weighted by atomic mass is 10.1. The zero-order chi connectivity index (χ0) is 20.6. The van der Waals surface area contributed by atoms with E-state index in [1.807, 2.05) is 40.7 Å². The average molecular weight is 389 g/mol. The van der Waals surface area contributed by atoms with E-state index in [1.165, 1.54) is 9.47 Å². The van der Waals surface area contributed by atoms with Crippen molar-refractivity contribution < 1.29 is 24.2 Å². The Balaban J connectivity index is 2.00. The zero-order valence-corrected chi connectivity index (χ0v) is 16.9. The number of aromatic nitrogens is 2. The van der Waals surface area contributed by atoms with Gasteiger partial charge in [-0.15, -0.1) is 0 Å². The molecule has 0 aliphatic carbocycles. The van der Waals surface area contributed by atoms with Gasteiger partial charge in [0.2, 0.25) is 0 Å². The van der Waals surface area contributed by atoms with Crippen LogP contribution >= 0.6 is 0 Å². The molecule has 1 N–H and O–H groups in total. The van der Waals surface area contributed by atoms with E-state index in [0.29, 0.717) is 29.9 Å². The summed E-state index contributed by atoms with van der Waals surface area (Å²) in [5.74, 6) is 0.150. The van der Waals surface area contributed by atoms with Gasteiger partial charge in [-0.05, 0) is 44.4 Å². The molecule has 2 aromatic rings. The second kappa shape index (κ2) is 7.43. The highest BCUT2D eigenvalue weighted by atomic mass is 16.6. The summed E-state index contributed by atoms with van der Waals surface area (Å²) in [6.07, 6.45) is -0.0803. The first-order valence-electron chi connectivity index (χ1n) is 9.41. The fourth-order valence-electron chi connectivity index (χ4n) is 3.21. The van der Waals surface area contributed by atoms with E-state index >= 15 is 0 Å². The molecule has 0 radical (unpaired) electrons. The maximum atomic E-state index is 12.6. The largest absolute Gasteiger partial charge is 0.465 e. The number of carbonyl (C=O) groups excluding carboxylic acids is 1. The Morgan fingerprint density at radius 2 is 2.04 bits per heavy atom. The Kier molecular flexibility index (Phi) is 5.34. The number of amides is 1. The second-order valence-electron chi connectivity index (χ2n) is 8.28. The molecule has 1 atom stereocenters. The number of ether oxygens (including phenoxy) is 2. The first-order valence-corrected chi connectivity index (χ1v) is 9.41. The molecule has 1 aliphatic heterocycles. The predicted octanol–water partition coefficient (Wildman–Crippen LogP) is 3.99. The molecule has 0 aromatic carbocycles. The number of pyridine rings is 1. The number of morpholine rings is 1. The summed E-state index contributed by atoms with van der Waals surface area (Å²) >= 11 is 0. The molecule has 0 spiro atoms. The third kappa shape index (κ3) is 4.11. The van der Waals surface area contributed by atoms with Crippen LogP contribution in [0.5, 0.6) is 0 Å². The average Bonchev–Trinajstić information content (AvgIpc) is 2.99. The second-order valence-corrected chi connectivity index (χ2v) is 8.28. The Morgan fingerprint density at radius 3 is 2.64 bits per heavy atom. The van der Waals surface area contributed by atoms with Crippen molar-refractivity contribution in [1.29, 1.82) is 0 Å². The molecule has 1 amide bonds. The molecule has 3 heterocycles. The van der Waals surface area contributed by atoms with E-state index in [4.69, 9.17) is 14.5 Å². The Bertz CT molecular complexity index is 897. The highest BCUT2D eigenvalue weighted by molar-refractivity contribution is 5.90. The highest BCUT2D eigenvalue weighted by Gasteiger charge is 2.28. The number of hydrogen-bond acceptors (Lipinski definition) is 5. The lowest BCUT2D eigenvalue weighted by Crippen LogP contribution is -2.41. The molecule has 28 heavy (non-hydrogen) atoms. The SMILES string of the molecule is CC(C)c1cn(C(=O)OC(C)(C)C)c2ccc(C3CN(C(=O)O)CCO3)nc12. The molecule has 2 aromatic heterocycles. The molecule has 1 fully saturated rings. The van der Waals surface area contributed by atoms with Crippen LogP contribution in [0.15, 0.2) is 18.3 Å². The van der Waals surface area contributed by atoms with Crippen molar-refractivity contribution in [3.8, 4) is 0 Å². The summed E-state index contributed by atoms with van der Waals surface area (Å²) < 4.78 is 12.7. The molecule has 1 saturated heterocycles. The quantitative estimate of drug-likeness (QED) is 0.834. The minimum atomic E-state index is -0.965. The number of rotatable bonds is 2. The standard InChI is InChI=1S/C20H27N3O5/c1-12(2)13-10-23(19(26)28-20(3,4)5)15-7-6-14(21-17(13)15)16-11-22(18(24)25)8-9-27-16/h6-7,10,12,16H,8-9,11H2,1-5H3,(H,24,25). The van der Waals surface area contributed by atoms with Gasteiger partial charge in [0.25, 0.3) is 0 Å². The minimum absolute atomic E-state index is 0.150. The smallest absolute Gasteiger partial charge is 0.419 e. The number of nitrogens with zero attached hydrogens (tertiary/aromatic N) is 3. The summed E-state index contributed by atoms with van der Waals surface area (Å²) in [6.45, 7) is 10.4. The molecular weight excluding hydrogens is 362 g/mol. The lowest BCUT2D eigenvalue weighted by molar-refractivity contribution is -0.0250. The normalized spacial score (nSPS) is 17.9. The van der Waals surface area contributed by atoms with Gasteiger partial charge < -0.3 is 19.5 Å². The molecular formula is C20H27N3O5. The van der Waals surface area contributed by atoms with Crippen LogP contribution in [0.2, 0.25) is 0 Å². The predicted molar refractivity (Wildman–Crippen MR) is 104 cm³/mol. The fraction of sp³-hybridized carbons (Fsp3) is 0.550. The summed E-state index contributed by atoms with van der Waals surface area (Å²) in [6, 6.07) is 3.60. The van der Waals surface area contributed by atoms with E-state index in [-0.39, 0.29) is 12.5 Å². The van der Waals surface area contributed by atoms with Crippen molar-refractivity contribution in [3.05, 3.63) is 29.6 Å². The van der Waals surface area contributed by atoms with E-state index in [1.54, 1.807) is 12.3 Å². The van der Waals surface area contributed by atoms with E-state index in [0.717, 1.165) is 5.56 Å². The maximum absolute atomic E-state index is 12.6. The van der Waals surface area contributed by atoms with Gasteiger partial charge in [0.1, 0.15) is 11.7 Å². The molecule has 0 bridgehead atoms. The third-order valence-electron chi connectivity index (χ3n) is 4.58. The van der Waals surface area contributed by atoms with Crippen LogP contribution in [0.1, 0.15) is 57.9 Å². The highest BCUT2D eigenvalue weighted by Crippen LogP contribution is 2.30. The zero-order valence-electron chi connectivity index (χ0n) is 16.9. The maximum Gasteiger partial charge on any atom is 0.419 e. The first kappa shape index (κ1) is 20.1. The van der Waals surface area contributed by atoms with Crippen LogP contribution in [0, 0.1) is 0 Å². The summed E-state index contributed by atoms with van der Waals surface area (Å²) in [5.41, 5.74) is 2.34. The Morgan fingerprint density at radius 1 is 1.32 bits per heavy atom.